The SMILES string of the molecule is CCOC(=O)[C@@H]1CCCN(C(=O)c2ccc(S(=O)(=O)N3CCC(C)CC3)cc2)C1. The molecule has 160 valence electrons. The molecule has 0 aromatic heterocycles. The van der Waals surface area contributed by atoms with Gasteiger partial charge in [0.05, 0.1) is 17.4 Å². The first-order chi connectivity index (χ1) is 13.8. The maximum Gasteiger partial charge on any atom is 0.310 e. The van der Waals surface area contributed by atoms with Gasteiger partial charge < -0.3 is 9.64 Å². The van der Waals surface area contributed by atoms with Crippen LogP contribution < -0.4 is 0 Å². The van der Waals surface area contributed by atoms with Crippen LogP contribution in [-0.2, 0) is 19.6 Å². The lowest BCUT2D eigenvalue weighted by molar-refractivity contribution is -0.149. The average molecular weight is 423 g/mol. The molecule has 0 spiro atoms. The van der Waals surface area contributed by atoms with E-state index in [1.165, 1.54) is 16.4 Å². The number of amides is 1. The summed E-state index contributed by atoms with van der Waals surface area (Å²) in [5.41, 5.74) is 0.431. The Morgan fingerprint density at radius 3 is 2.34 bits per heavy atom. The number of likely N-dealkylation sites (tertiary alicyclic amines) is 1. The van der Waals surface area contributed by atoms with Crippen LogP contribution in [0.25, 0.3) is 0 Å². The number of hydrogen-bond donors (Lipinski definition) is 0. The van der Waals surface area contributed by atoms with Gasteiger partial charge in [0, 0.05) is 31.7 Å². The zero-order chi connectivity index (χ0) is 21.0. The lowest BCUT2D eigenvalue weighted by Crippen LogP contribution is -2.42. The molecule has 0 unspecified atom stereocenters. The van der Waals surface area contributed by atoms with Crippen molar-refractivity contribution in [2.24, 2.45) is 11.8 Å². The highest BCUT2D eigenvalue weighted by molar-refractivity contribution is 7.89. The Hall–Kier alpha value is -1.93. The second-order valence-corrected chi connectivity index (χ2v) is 9.89. The molecule has 1 atom stereocenters. The van der Waals surface area contributed by atoms with Gasteiger partial charge in [0.15, 0.2) is 0 Å². The van der Waals surface area contributed by atoms with Crippen LogP contribution in [0.15, 0.2) is 29.2 Å². The van der Waals surface area contributed by atoms with Crippen molar-refractivity contribution in [3.8, 4) is 0 Å². The summed E-state index contributed by atoms with van der Waals surface area (Å²) in [6.07, 6.45) is 3.20. The van der Waals surface area contributed by atoms with Crippen LogP contribution in [0.3, 0.4) is 0 Å². The number of carbonyl (C=O) groups excluding carboxylic acids is 2. The Bertz CT molecular complexity index is 829. The third-order valence-corrected chi connectivity index (χ3v) is 7.72. The molecule has 1 aromatic rings. The fourth-order valence-corrected chi connectivity index (χ4v) is 5.41. The number of hydrogen-bond acceptors (Lipinski definition) is 5. The van der Waals surface area contributed by atoms with E-state index in [0.29, 0.717) is 50.7 Å². The Morgan fingerprint density at radius 2 is 1.72 bits per heavy atom. The van der Waals surface area contributed by atoms with Gasteiger partial charge in [-0.1, -0.05) is 6.92 Å². The van der Waals surface area contributed by atoms with Gasteiger partial charge in [-0.05, 0) is 62.8 Å². The molecule has 2 aliphatic rings. The van der Waals surface area contributed by atoms with Crippen LogP contribution in [0.2, 0.25) is 0 Å². The normalized spacial score (nSPS) is 21.7. The highest BCUT2D eigenvalue weighted by Crippen LogP contribution is 2.25. The van der Waals surface area contributed by atoms with Gasteiger partial charge in [0.2, 0.25) is 10.0 Å². The van der Waals surface area contributed by atoms with Crippen molar-refractivity contribution < 1.29 is 22.7 Å². The predicted octanol–water partition coefficient (Wildman–Crippen LogP) is 2.52. The van der Waals surface area contributed by atoms with Crippen molar-refractivity contribution in [2.75, 3.05) is 32.8 Å². The second-order valence-electron chi connectivity index (χ2n) is 7.95. The first kappa shape index (κ1) is 21.8. The first-order valence-corrected chi connectivity index (χ1v) is 11.8. The molecule has 7 nitrogen and oxygen atoms in total. The fourth-order valence-electron chi connectivity index (χ4n) is 3.94. The molecule has 1 amide bonds. The number of benzene rings is 1. The average Bonchev–Trinajstić information content (AvgIpc) is 2.74. The zero-order valence-corrected chi connectivity index (χ0v) is 18.0. The standard InChI is InChI=1S/C21H30N2O5S/c1-3-28-21(25)18-5-4-12-22(15-18)20(24)17-6-8-19(9-7-17)29(26,27)23-13-10-16(2)11-14-23/h6-9,16,18H,3-5,10-15H2,1-2H3/t18-/m1/s1. The van der Waals surface area contributed by atoms with Gasteiger partial charge >= 0.3 is 5.97 Å². The topological polar surface area (TPSA) is 84.0 Å². The van der Waals surface area contributed by atoms with Crippen LogP contribution in [0.4, 0.5) is 0 Å². The largest absolute Gasteiger partial charge is 0.466 e. The molecule has 0 bridgehead atoms. The van der Waals surface area contributed by atoms with Crippen LogP contribution >= 0.6 is 0 Å². The molecule has 8 heteroatoms. The maximum absolute atomic E-state index is 12.8. The Labute approximate surface area is 173 Å². The van der Waals surface area contributed by atoms with Gasteiger partial charge in [0.25, 0.3) is 5.91 Å². The van der Waals surface area contributed by atoms with Gasteiger partial charge in [-0.3, -0.25) is 9.59 Å². The number of sulfonamides is 1. The fraction of sp³-hybridized carbons (Fsp3) is 0.619. The van der Waals surface area contributed by atoms with E-state index in [1.807, 2.05) is 0 Å². The molecule has 0 N–H and O–H groups in total. The van der Waals surface area contributed by atoms with Crippen LogP contribution in [0, 0.1) is 11.8 Å². The highest BCUT2D eigenvalue weighted by Gasteiger charge is 2.31. The Morgan fingerprint density at radius 1 is 1.07 bits per heavy atom. The van der Waals surface area contributed by atoms with E-state index >= 15 is 0 Å². The van der Waals surface area contributed by atoms with E-state index in [-0.39, 0.29) is 22.7 Å². The number of ether oxygens (including phenoxy) is 1. The summed E-state index contributed by atoms with van der Waals surface area (Å²) in [6, 6.07) is 6.15. The maximum atomic E-state index is 12.8. The van der Waals surface area contributed by atoms with Crippen molar-refractivity contribution in [1.29, 1.82) is 0 Å². The quantitative estimate of drug-likeness (QED) is 0.681. The second kappa shape index (κ2) is 9.26. The van der Waals surface area contributed by atoms with Crippen LogP contribution in [0.5, 0.6) is 0 Å². The molecule has 0 saturated carbocycles. The minimum Gasteiger partial charge on any atom is -0.466 e. The molecule has 2 heterocycles. The van der Waals surface area contributed by atoms with Gasteiger partial charge in [-0.2, -0.15) is 4.31 Å². The third kappa shape index (κ3) is 4.98. The summed E-state index contributed by atoms with van der Waals surface area (Å²) in [4.78, 5) is 26.7. The highest BCUT2D eigenvalue weighted by atomic mass is 32.2. The molecule has 29 heavy (non-hydrogen) atoms. The van der Waals surface area contributed by atoms with Crippen molar-refractivity contribution in [2.45, 2.75) is 44.4 Å². The molecular formula is C21H30N2O5S. The summed E-state index contributed by atoms with van der Waals surface area (Å²) in [5, 5.41) is 0. The molecule has 0 aliphatic carbocycles. The van der Waals surface area contributed by atoms with Crippen LogP contribution in [-0.4, -0.2) is 62.3 Å². The number of nitrogens with zero attached hydrogens (tertiary/aromatic N) is 2. The van der Waals surface area contributed by atoms with E-state index in [4.69, 9.17) is 4.74 Å². The first-order valence-electron chi connectivity index (χ1n) is 10.4. The van der Waals surface area contributed by atoms with Gasteiger partial charge in [-0.15, -0.1) is 0 Å². The zero-order valence-electron chi connectivity index (χ0n) is 17.2. The number of esters is 1. The van der Waals surface area contributed by atoms with E-state index in [1.54, 1.807) is 24.0 Å². The summed E-state index contributed by atoms with van der Waals surface area (Å²) < 4.78 is 32.3. The van der Waals surface area contributed by atoms with E-state index in [0.717, 1.165) is 19.3 Å². The third-order valence-electron chi connectivity index (χ3n) is 5.81. The molecule has 2 aliphatic heterocycles. The number of carbonyl (C=O) groups is 2. The van der Waals surface area contributed by atoms with Gasteiger partial charge in [-0.25, -0.2) is 8.42 Å². The summed E-state index contributed by atoms with van der Waals surface area (Å²) >= 11 is 0. The lowest BCUT2D eigenvalue weighted by atomic mass is 9.97. The Kier molecular flexibility index (Phi) is 6.95. The molecule has 1 aromatic carbocycles. The Balaban J connectivity index is 1.68. The van der Waals surface area contributed by atoms with Crippen molar-refractivity contribution in [3.05, 3.63) is 29.8 Å². The lowest BCUT2D eigenvalue weighted by Gasteiger charge is -2.31. The monoisotopic (exact) mass is 422 g/mol. The molecule has 2 saturated heterocycles. The minimum atomic E-state index is -3.53. The van der Waals surface area contributed by atoms with Crippen molar-refractivity contribution >= 4 is 21.9 Å². The van der Waals surface area contributed by atoms with Crippen LogP contribution in [0.1, 0.15) is 49.9 Å². The number of rotatable bonds is 5. The smallest absolute Gasteiger partial charge is 0.310 e. The van der Waals surface area contributed by atoms with Crippen molar-refractivity contribution in [1.82, 2.24) is 9.21 Å². The number of piperidine rings is 2. The van der Waals surface area contributed by atoms with Gasteiger partial charge in [0.1, 0.15) is 0 Å². The van der Waals surface area contributed by atoms with E-state index < -0.39 is 10.0 Å². The van der Waals surface area contributed by atoms with E-state index in [9.17, 15) is 18.0 Å². The van der Waals surface area contributed by atoms with Crippen molar-refractivity contribution in [3.63, 3.8) is 0 Å². The molecular weight excluding hydrogens is 392 g/mol. The molecule has 2 fully saturated rings. The molecule has 0 radical (unpaired) electrons. The summed E-state index contributed by atoms with van der Waals surface area (Å²) in [5.74, 6) is -0.199. The molecule has 3 rings (SSSR count). The summed E-state index contributed by atoms with van der Waals surface area (Å²) in [7, 11) is -3.53. The summed E-state index contributed by atoms with van der Waals surface area (Å²) in [6.45, 7) is 6.22. The van der Waals surface area contributed by atoms with E-state index in [2.05, 4.69) is 6.92 Å². The predicted molar refractivity (Wildman–Crippen MR) is 109 cm³/mol. The minimum absolute atomic E-state index is 0.185.